The fourth-order valence-electron chi connectivity index (χ4n) is 2.94. The number of hydrogen-bond donors (Lipinski definition) is 2. The number of oxazole rings is 1. The Kier molecular flexibility index (Phi) is 5.37. The normalized spacial score (nSPS) is 11.3. The summed E-state index contributed by atoms with van der Waals surface area (Å²) in [5.41, 5.74) is 1.82. The summed E-state index contributed by atoms with van der Waals surface area (Å²) in [6.45, 7) is 0. The molecule has 1 amide bonds. The van der Waals surface area contributed by atoms with Crippen molar-refractivity contribution in [1.29, 1.82) is 0 Å². The lowest BCUT2D eigenvalue weighted by atomic mass is 10.1. The smallest absolute Gasteiger partial charge is 0.256 e. The second-order valence-electron chi connectivity index (χ2n) is 6.61. The largest absolute Gasteiger partial charge is 0.436 e. The number of amides is 1. The van der Waals surface area contributed by atoms with Crippen molar-refractivity contribution in [1.82, 2.24) is 4.98 Å². The predicted molar refractivity (Wildman–Crippen MR) is 113 cm³/mol. The molecule has 0 saturated carbocycles. The Morgan fingerprint density at radius 1 is 0.968 bits per heavy atom. The van der Waals surface area contributed by atoms with Crippen molar-refractivity contribution in [2.24, 2.45) is 5.14 Å². The zero-order valence-corrected chi connectivity index (χ0v) is 16.8. The van der Waals surface area contributed by atoms with E-state index in [0.29, 0.717) is 28.1 Å². The van der Waals surface area contributed by atoms with Gasteiger partial charge in [-0.1, -0.05) is 12.1 Å². The average Bonchev–Trinajstić information content (AvgIpc) is 3.24. The van der Waals surface area contributed by atoms with Gasteiger partial charge in [0.25, 0.3) is 5.91 Å². The second kappa shape index (κ2) is 8.13. The van der Waals surface area contributed by atoms with Crippen LogP contribution in [0.25, 0.3) is 22.8 Å². The van der Waals surface area contributed by atoms with Crippen molar-refractivity contribution in [3.63, 3.8) is 0 Å². The highest BCUT2D eigenvalue weighted by atomic mass is 32.2. The predicted octanol–water partition coefficient (Wildman–Crippen LogP) is 4.05. The van der Waals surface area contributed by atoms with Crippen LogP contribution in [-0.4, -0.2) is 19.3 Å². The second-order valence-corrected chi connectivity index (χ2v) is 8.17. The van der Waals surface area contributed by atoms with Crippen LogP contribution in [0.5, 0.6) is 0 Å². The molecule has 1 aromatic heterocycles. The molecule has 0 saturated heterocycles. The molecule has 0 unspecified atom stereocenters. The molecule has 0 bridgehead atoms. The molecule has 3 aromatic carbocycles. The highest BCUT2D eigenvalue weighted by Crippen LogP contribution is 2.29. The Hall–Kier alpha value is -3.82. The summed E-state index contributed by atoms with van der Waals surface area (Å²) >= 11 is 0. The maximum atomic E-state index is 13.1. The van der Waals surface area contributed by atoms with Gasteiger partial charge < -0.3 is 9.73 Å². The summed E-state index contributed by atoms with van der Waals surface area (Å²) in [5, 5.41) is 7.79. The number of sulfonamides is 1. The molecule has 0 aliphatic rings. The van der Waals surface area contributed by atoms with Crippen molar-refractivity contribution in [2.45, 2.75) is 4.90 Å². The van der Waals surface area contributed by atoms with Crippen molar-refractivity contribution in [3.8, 4) is 22.8 Å². The molecule has 3 N–H and O–H groups in total. The molecular formula is C22H16FN3O4S. The van der Waals surface area contributed by atoms with Crippen molar-refractivity contribution in [3.05, 3.63) is 90.4 Å². The monoisotopic (exact) mass is 437 g/mol. The van der Waals surface area contributed by atoms with E-state index >= 15 is 0 Å². The summed E-state index contributed by atoms with van der Waals surface area (Å²) in [4.78, 5) is 17.0. The van der Waals surface area contributed by atoms with E-state index in [0.717, 1.165) is 0 Å². The number of nitrogens with zero attached hydrogens (tertiary/aromatic N) is 1. The van der Waals surface area contributed by atoms with Crippen LogP contribution in [0.1, 0.15) is 10.4 Å². The summed E-state index contributed by atoms with van der Waals surface area (Å²) in [5.74, 6) is -0.124. The summed E-state index contributed by atoms with van der Waals surface area (Å²) in [6, 6.07) is 18.0. The first-order chi connectivity index (χ1) is 14.8. The van der Waals surface area contributed by atoms with Crippen LogP contribution in [0, 0.1) is 5.82 Å². The number of hydrogen-bond acceptors (Lipinski definition) is 5. The Balaban J connectivity index is 1.60. The maximum absolute atomic E-state index is 13.1. The highest BCUT2D eigenvalue weighted by Gasteiger charge is 2.17. The Morgan fingerprint density at radius 2 is 1.65 bits per heavy atom. The number of rotatable bonds is 5. The minimum atomic E-state index is -3.82. The topological polar surface area (TPSA) is 115 Å². The van der Waals surface area contributed by atoms with E-state index in [1.165, 1.54) is 42.6 Å². The molecule has 4 rings (SSSR count). The van der Waals surface area contributed by atoms with Gasteiger partial charge in [0, 0.05) is 16.8 Å². The lowest BCUT2D eigenvalue weighted by Crippen LogP contribution is -2.14. The zero-order chi connectivity index (χ0) is 22.0. The van der Waals surface area contributed by atoms with Crippen LogP contribution in [-0.2, 0) is 10.0 Å². The fraction of sp³-hybridized carbons (Fsp3) is 0. The summed E-state index contributed by atoms with van der Waals surface area (Å²) < 4.78 is 41.7. The van der Waals surface area contributed by atoms with E-state index in [2.05, 4.69) is 10.3 Å². The molecule has 0 spiro atoms. The van der Waals surface area contributed by atoms with E-state index in [1.807, 2.05) is 0 Å². The minimum Gasteiger partial charge on any atom is -0.436 e. The van der Waals surface area contributed by atoms with Gasteiger partial charge in [0.1, 0.15) is 5.82 Å². The molecule has 9 heteroatoms. The number of aromatic nitrogens is 1. The van der Waals surface area contributed by atoms with E-state index in [-0.39, 0.29) is 16.6 Å². The van der Waals surface area contributed by atoms with Gasteiger partial charge in [0.2, 0.25) is 15.9 Å². The third-order valence-corrected chi connectivity index (χ3v) is 5.41. The number of primary sulfonamides is 1. The lowest BCUT2D eigenvalue weighted by molar-refractivity contribution is 0.102. The average molecular weight is 437 g/mol. The van der Waals surface area contributed by atoms with Gasteiger partial charge in [-0.05, 0) is 60.7 Å². The number of benzene rings is 3. The van der Waals surface area contributed by atoms with Crippen LogP contribution in [0.15, 0.2) is 88.3 Å². The number of halogens is 1. The van der Waals surface area contributed by atoms with Crippen LogP contribution < -0.4 is 10.5 Å². The maximum Gasteiger partial charge on any atom is 0.256 e. The van der Waals surface area contributed by atoms with E-state index in [1.54, 1.807) is 36.4 Å². The fourth-order valence-corrected chi connectivity index (χ4v) is 3.46. The number of carbonyl (C=O) groups is 1. The number of nitrogens with one attached hydrogen (secondary N) is 1. The molecule has 0 aliphatic heterocycles. The highest BCUT2D eigenvalue weighted by molar-refractivity contribution is 7.89. The third-order valence-electron chi connectivity index (χ3n) is 4.48. The Labute approximate surface area is 177 Å². The molecule has 4 aromatic rings. The van der Waals surface area contributed by atoms with Crippen LogP contribution in [0.2, 0.25) is 0 Å². The number of nitrogens with two attached hydrogens (primary N) is 1. The van der Waals surface area contributed by atoms with Crippen LogP contribution in [0.3, 0.4) is 0 Å². The first-order valence-corrected chi connectivity index (χ1v) is 10.6. The van der Waals surface area contributed by atoms with E-state index in [4.69, 9.17) is 9.56 Å². The van der Waals surface area contributed by atoms with Crippen molar-refractivity contribution >= 4 is 21.6 Å². The SMILES string of the molecule is NS(=O)(=O)c1ccc(NC(=O)c2ccccc2-c2ncc(-c3ccc(F)cc3)o2)cc1. The van der Waals surface area contributed by atoms with Crippen LogP contribution in [0.4, 0.5) is 10.1 Å². The molecule has 156 valence electrons. The summed E-state index contributed by atoms with van der Waals surface area (Å²) in [7, 11) is -3.82. The van der Waals surface area contributed by atoms with Crippen LogP contribution >= 0.6 is 0 Å². The first kappa shape index (κ1) is 20.5. The standard InChI is InChI=1S/C22H16FN3O4S/c23-15-7-5-14(6-8-15)20-13-25-22(30-20)19-4-2-1-3-18(19)21(27)26-16-9-11-17(12-10-16)31(24,28)29/h1-13H,(H,26,27)(H2,24,28,29). The third kappa shape index (κ3) is 4.52. The molecular weight excluding hydrogens is 421 g/mol. The van der Waals surface area contributed by atoms with Gasteiger partial charge in [-0.2, -0.15) is 0 Å². The molecule has 1 heterocycles. The van der Waals surface area contributed by atoms with Gasteiger partial charge in [0.05, 0.1) is 16.7 Å². The van der Waals surface area contributed by atoms with E-state index in [9.17, 15) is 17.6 Å². The molecule has 0 fully saturated rings. The van der Waals surface area contributed by atoms with E-state index < -0.39 is 15.9 Å². The zero-order valence-electron chi connectivity index (χ0n) is 15.9. The Bertz CT molecular complexity index is 1350. The quantitative estimate of drug-likeness (QED) is 0.489. The molecule has 7 nitrogen and oxygen atoms in total. The minimum absolute atomic E-state index is 0.0565. The molecule has 0 radical (unpaired) electrons. The van der Waals surface area contributed by atoms with Gasteiger partial charge in [-0.25, -0.2) is 22.9 Å². The molecule has 0 aliphatic carbocycles. The number of anilines is 1. The van der Waals surface area contributed by atoms with Crippen molar-refractivity contribution < 1.29 is 22.0 Å². The van der Waals surface area contributed by atoms with Gasteiger partial charge in [0.15, 0.2) is 5.76 Å². The first-order valence-electron chi connectivity index (χ1n) is 9.07. The summed E-state index contributed by atoms with van der Waals surface area (Å²) in [6.07, 6.45) is 1.50. The Morgan fingerprint density at radius 3 is 2.32 bits per heavy atom. The van der Waals surface area contributed by atoms with Gasteiger partial charge in [-0.15, -0.1) is 0 Å². The van der Waals surface area contributed by atoms with Gasteiger partial charge >= 0.3 is 0 Å². The molecule has 0 atom stereocenters. The van der Waals surface area contributed by atoms with Crippen molar-refractivity contribution in [2.75, 3.05) is 5.32 Å². The number of carbonyl (C=O) groups excluding carboxylic acids is 1. The lowest BCUT2D eigenvalue weighted by Gasteiger charge is -2.09. The van der Waals surface area contributed by atoms with Gasteiger partial charge in [-0.3, -0.25) is 4.79 Å². The molecule has 31 heavy (non-hydrogen) atoms.